The zero-order chi connectivity index (χ0) is 14.4. The van der Waals surface area contributed by atoms with Crippen LogP contribution in [0.4, 0.5) is 4.79 Å². The van der Waals surface area contributed by atoms with Gasteiger partial charge < -0.3 is 4.90 Å². The Kier molecular flexibility index (Phi) is 2.57. The second kappa shape index (κ2) is 4.45. The van der Waals surface area contributed by atoms with E-state index in [0.29, 0.717) is 18.7 Å². The summed E-state index contributed by atoms with van der Waals surface area (Å²) >= 11 is 0. The topological polar surface area (TPSA) is 40.6 Å². The number of hydrogen-bond acceptors (Lipinski definition) is 2. The van der Waals surface area contributed by atoms with Crippen molar-refractivity contribution >= 4 is 11.9 Å². The Labute approximate surface area is 122 Å². The number of carbonyl (C=O) groups is 2. The molecule has 1 fully saturated rings. The third kappa shape index (κ3) is 1.76. The maximum Gasteiger partial charge on any atom is 0.328 e. The maximum atomic E-state index is 12.7. The number of fused-ring (bicyclic) bond motifs is 4. The monoisotopic (exact) mass is 278 g/mol. The van der Waals surface area contributed by atoms with E-state index < -0.39 is 0 Å². The lowest BCUT2D eigenvalue weighted by atomic mass is 9.96. The van der Waals surface area contributed by atoms with Gasteiger partial charge in [0.1, 0.15) is 0 Å². The molecule has 0 spiro atoms. The van der Waals surface area contributed by atoms with E-state index in [4.69, 9.17) is 0 Å². The van der Waals surface area contributed by atoms with Crippen LogP contribution in [-0.4, -0.2) is 28.3 Å². The zero-order valence-corrected chi connectivity index (χ0v) is 11.4. The minimum atomic E-state index is -0.218. The summed E-state index contributed by atoms with van der Waals surface area (Å²) in [6.07, 6.45) is 0. The first kappa shape index (κ1) is 12.1. The molecular formula is C17H14N2O2. The van der Waals surface area contributed by atoms with E-state index in [1.165, 1.54) is 4.90 Å². The van der Waals surface area contributed by atoms with Crippen LogP contribution in [0.25, 0.3) is 0 Å². The van der Waals surface area contributed by atoms with Gasteiger partial charge in [-0.1, -0.05) is 42.5 Å². The highest BCUT2D eigenvalue weighted by atomic mass is 16.2. The van der Waals surface area contributed by atoms with E-state index in [1.54, 1.807) is 17.0 Å². The molecule has 4 heteroatoms. The van der Waals surface area contributed by atoms with Crippen molar-refractivity contribution in [1.29, 1.82) is 0 Å². The smallest absolute Gasteiger partial charge is 0.317 e. The van der Waals surface area contributed by atoms with Crippen LogP contribution >= 0.6 is 0 Å². The summed E-state index contributed by atoms with van der Waals surface area (Å²) in [6, 6.07) is 16.6. The third-order valence-corrected chi connectivity index (χ3v) is 4.20. The Balaban J connectivity index is 1.77. The fourth-order valence-corrected chi connectivity index (χ4v) is 3.18. The molecular weight excluding hydrogens is 264 g/mol. The minimum Gasteiger partial charge on any atom is -0.317 e. The molecule has 0 N–H and O–H groups in total. The average Bonchev–Trinajstić information content (AvgIpc) is 2.80. The normalized spacial score (nSPS) is 19.6. The van der Waals surface area contributed by atoms with E-state index in [-0.39, 0.29) is 18.0 Å². The molecule has 2 aliphatic rings. The maximum absolute atomic E-state index is 12.7. The quantitative estimate of drug-likeness (QED) is 0.804. The van der Waals surface area contributed by atoms with E-state index >= 15 is 0 Å². The van der Waals surface area contributed by atoms with Gasteiger partial charge >= 0.3 is 6.03 Å². The molecule has 0 aromatic heterocycles. The summed E-state index contributed by atoms with van der Waals surface area (Å²) in [5, 5.41) is 0. The summed E-state index contributed by atoms with van der Waals surface area (Å²) in [5.41, 5.74) is 2.77. The molecule has 21 heavy (non-hydrogen) atoms. The van der Waals surface area contributed by atoms with Crippen molar-refractivity contribution in [3.8, 4) is 0 Å². The molecule has 0 radical (unpaired) electrons. The van der Waals surface area contributed by atoms with Gasteiger partial charge in [0.25, 0.3) is 5.91 Å². The molecule has 2 aromatic carbocycles. The first-order valence-corrected chi connectivity index (χ1v) is 7.01. The molecule has 3 amide bonds. The number of nitrogens with zero attached hydrogens (tertiary/aromatic N) is 2. The second-order valence-electron chi connectivity index (χ2n) is 5.42. The Bertz CT molecular complexity index is 727. The summed E-state index contributed by atoms with van der Waals surface area (Å²) in [7, 11) is 0. The lowest BCUT2D eigenvalue weighted by molar-refractivity contribution is 0.0783. The van der Waals surface area contributed by atoms with Crippen LogP contribution in [0.3, 0.4) is 0 Å². The van der Waals surface area contributed by atoms with Gasteiger partial charge in [-0.3, -0.25) is 9.69 Å². The van der Waals surface area contributed by atoms with Gasteiger partial charge in [0.2, 0.25) is 0 Å². The summed E-state index contributed by atoms with van der Waals surface area (Å²) in [6.45, 7) is 1.18. The minimum absolute atomic E-state index is 0.171. The predicted octanol–water partition coefficient (Wildman–Crippen LogP) is 2.82. The largest absolute Gasteiger partial charge is 0.328 e. The summed E-state index contributed by atoms with van der Waals surface area (Å²) in [4.78, 5) is 28.3. The van der Waals surface area contributed by atoms with Crippen molar-refractivity contribution in [3.05, 3.63) is 71.3 Å². The lowest BCUT2D eigenvalue weighted by Gasteiger charge is -2.25. The summed E-state index contributed by atoms with van der Waals surface area (Å²) in [5.74, 6) is -0.218. The van der Waals surface area contributed by atoms with Gasteiger partial charge in [0.15, 0.2) is 0 Å². The molecule has 4 rings (SSSR count). The van der Waals surface area contributed by atoms with Crippen LogP contribution in [0.5, 0.6) is 0 Å². The molecule has 1 saturated heterocycles. The van der Waals surface area contributed by atoms with Gasteiger partial charge in [-0.2, -0.15) is 0 Å². The first-order chi connectivity index (χ1) is 10.3. The van der Waals surface area contributed by atoms with Crippen molar-refractivity contribution in [1.82, 2.24) is 9.80 Å². The lowest BCUT2D eigenvalue weighted by Crippen LogP contribution is -2.35. The van der Waals surface area contributed by atoms with Crippen LogP contribution in [0.2, 0.25) is 0 Å². The van der Waals surface area contributed by atoms with Crippen molar-refractivity contribution in [3.63, 3.8) is 0 Å². The Morgan fingerprint density at radius 1 is 1.00 bits per heavy atom. The van der Waals surface area contributed by atoms with Crippen LogP contribution in [0.1, 0.15) is 27.5 Å². The highest BCUT2D eigenvalue weighted by Gasteiger charge is 2.45. The van der Waals surface area contributed by atoms with E-state index in [9.17, 15) is 9.59 Å². The molecule has 1 atom stereocenters. The Morgan fingerprint density at radius 2 is 1.71 bits per heavy atom. The van der Waals surface area contributed by atoms with Crippen LogP contribution in [-0.2, 0) is 6.54 Å². The second-order valence-corrected chi connectivity index (χ2v) is 5.42. The van der Waals surface area contributed by atoms with Gasteiger partial charge in [-0.05, 0) is 23.3 Å². The van der Waals surface area contributed by atoms with E-state index in [0.717, 1.165) is 11.1 Å². The zero-order valence-electron chi connectivity index (χ0n) is 11.4. The van der Waals surface area contributed by atoms with Crippen LogP contribution in [0, 0.1) is 0 Å². The first-order valence-electron chi connectivity index (χ1n) is 7.01. The van der Waals surface area contributed by atoms with Gasteiger partial charge in [-0.25, -0.2) is 4.79 Å². The SMILES string of the molecule is O=C(c1ccccc1)N1C(=O)N2Cc3ccccc3C1C2. The Morgan fingerprint density at radius 3 is 2.52 bits per heavy atom. The molecule has 1 unspecified atom stereocenters. The van der Waals surface area contributed by atoms with Gasteiger partial charge in [-0.15, -0.1) is 0 Å². The molecule has 2 aromatic rings. The molecule has 104 valence electrons. The number of benzene rings is 2. The molecule has 2 heterocycles. The number of hydrogen-bond donors (Lipinski definition) is 0. The van der Waals surface area contributed by atoms with Crippen molar-refractivity contribution in [2.45, 2.75) is 12.6 Å². The number of imide groups is 1. The number of rotatable bonds is 1. The van der Waals surface area contributed by atoms with E-state index in [1.807, 2.05) is 42.5 Å². The highest BCUT2D eigenvalue weighted by Crippen LogP contribution is 2.38. The predicted molar refractivity (Wildman–Crippen MR) is 77.6 cm³/mol. The van der Waals surface area contributed by atoms with Gasteiger partial charge in [0.05, 0.1) is 6.04 Å². The third-order valence-electron chi connectivity index (χ3n) is 4.20. The highest BCUT2D eigenvalue weighted by molar-refractivity contribution is 6.05. The van der Waals surface area contributed by atoms with Crippen LogP contribution < -0.4 is 0 Å². The van der Waals surface area contributed by atoms with E-state index in [2.05, 4.69) is 0 Å². The fourth-order valence-electron chi connectivity index (χ4n) is 3.18. The number of carbonyl (C=O) groups excluding carboxylic acids is 2. The molecule has 2 bridgehead atoms. The molecule has 2 aliphatic heterocycles. The number of urea groups is 1. The molecule has 0 saturated carbocycles. The van der Waals surface area contributed by atoms with Gasteiger partial charge in [0, 0.05) is 18.7 Å². The number of amides is 3. The molecule has 4 nitrogen and oxygen atoms in total. The summed E-state index contributed by atoms with van der Waals surface area (Å²) < 4.78 is 0. The fraction of sp³-hybridized carbons (Fsp3) is 0.176. The van der Waals surface area contributed by atoms with Crippen molar-refractivity contribution < 1.29 is 9.59 Å². The Hall–Kier alpha value is -2.62. The van der Waals surface area contributed by atoms with Crippen molar-refractivity contribution in [2.24, 2.45) is 0 Å². The van der Waals surface area contributed by atoms with Crippen LogP contribution in [0.15, 0.2) is 54.6 Å². The standard InChI is InChI=1S/C17H14N2O2/c20-16(12-6-2-1-3-7-12)19-15-11-18(17(19)21)10-13-8-4-5-9-14(13)15/h1-9,15H,10-11H2. The average molecular weight is 278 g/mol. The van der Waals surface area contributed by atoms with Crippen molar-refractivity contribution in [2.75, 3.05) is 6.54 Å². The molecule has 0 aliphatic carbocycles.